The molecule has 168 valence electrons. The Balaban J connectivity index is 1.87. The number of carbonyl (C=O) groups is 1. The molecule has 0 saturated heterocycles. The van der Waals surface area contributed by atoms with Crippen molar-refractivity contribution in [3.05, 3.63) is 95.6 Å². The molecule has 0 spiro atoms. The zero-order valence-corrected chi connectivity index (χ0v) is 19.3. The van der Waals surface area contributed by atoms with E-state index in [0.29, 0.717) is 6.42 Å². The highest BCUT2D eigenvalue weighted by molar-refractivity contribution is 7.89. The van der Waals surface area contributed by atoms with E-state index >= 15 is 0 Å². The molecule has 3 aromatic rings. The number of amides is 1. The average molecular weight is 453 g/mol. The zero-order chi connectivity index (χ0) is 23.1. The van der Waals surface area contributed by atoms with Crippen LogP contribution in [0.15, 0.2) is 83.8 Å². The van der Waals surface area contributed by atoms with Crippen molar-refractivity contribution < 1.29 is 17.9 Å². The molecule has 1 N–H and O–H groups in total. The van der Waals surface area contributed by atoms with Gasteiger partial charge in [0.1, 0.15) is 10.6 Å². The van der Waals surface area contributed by atoms with E-state index in [-0.39, 0.29) is 28.2 Å². The molecule has 6 nitrogen and oxygen atoms in total. The average Bonchev–Trinajstić information content (AvgIpc) is 2.82. The molecule has 7 heteroatoms. The molecule has 32 heavy (non-hydrogen) atoms. The first kappa shape index (κ1) is 23.5. The van der Waals surface area contributed by atoms with Gasteiger partial charge in [-0.2, -0.15) is 0 Å². The summed E-state index contributed by atoms with van der Waals surface area (Å²) < 4.78 is 31.7. The Morgan fingerprint density at radius 1 is 0.969 bits per heavy atom. The summed E-state index contributed by atoms with van der Waals surface area (Å²) in [7, 11) is 0.509. The van der Waals surface area contributed by atoms with E-state index in [9.17, 15) is 13.2 Å². The van der Waals surface area contributed by atoms with Gasteiger partial charge in [0.2, 0.25) is 10.0 Å². The standard InChI is InChI=1S/C25H28N2O4S/c1-27(2)32(29,30)24-18-21(15-17-23(24)31-3)25(28)26-22(20-12-8-5-9-13-20)16-14-19-10-6-4-7-11-19/h4-13,15,17-18,22H,14,16H2,1-3H3,(H,26,28). The van der Waals surface area contributed by atoms with Crippen molar-refractivity contribution in [3.8, 4) is 5.75 Å². The van der Waals surface area contributed by atoms with E-state index in [1.165, 1.54) is 38.9 Å². The minimum absolute atomic E-state index is 0.0433. The summed E-state index contributed by atoms with van der Waals surface area (Å²) in [5.74, 6) is -0.149. The number of benzene rings is 3. The lowest BCUT2D eigenvalue weighted by molar-refractivity contribution is 0.0934. The number of nitrogens with one attached hydrogen (secondary N) is 1. The van der Waals surface area contributed by atoms with Crippen molar-refractivity contribution in [1.29, 1.82) is 0 Å². The van der Waals surface area contributed by atoms with Crippen LogP contribution in [-0.2, 0) is 16.4 Å². The highest BCUT2D eigenvalue weighted by atomic mass is 32.2. The van der Waals surface area contributed by atoms with E-state index in [2.05, 4.69) is 17.4 Å². The van der Waals surface area contributed by atoms with Gasteiger partial charge in [0.05, 0.1) is 13.2 Å². The van der Waals surface area contributed by atoms with Gasteiger partial charge in [0.15, 0.2) is 0 Å². The van der Waals surface area contributed by atoms with Gasteiger partial charge in [0.25, 0.3) is 5.91 Å². The van der Waals surface area contributed by atoms with Gasteiger partial charge in [-0.05, 0) is 42.2 Å². The van der Waals surface area contributed by atoms with Crippen LogP contribution in [0.3, 0.4) is 0 Å². The lowest BCUT2D eigenvalue weighted by Gasteiger charge is -2.20. The Hall–Kier alpha value is -3.16. The molecule has 0 bridgehead atoms. The minimum atomic E-state index is -3.77. The molecule has 0 heterocycles. The second-order valence-electron chi connectivity index (χ2n) is 7.61. The van der Waals surface area contributed by atoms with Gasteiger partial charge < -0.3 is 10.1 Å². The van der Waals surface area contributed by atoms with Gasteiger partial charge in [-0.15, -0.1) is 0 Å². The number of hydrogen-bond acceptors (Lipinski definition) is 4. The third-order valence-corrected chi connectivity index (χ3v) is 7.09. The number of methoxy groups -OCH3 is 1. The van der Waals surface area contributed by atoms with E-state index in [4.69, 9.17) is 4.74 Å². The summed E-state index contributed by atoms with van der Waals surface area (Å²) in [6.07, 6.45) is 1.50. The van der Waals surface area contributed by atoms with Gasteiger partial charge in [-0.3, -0.25) is 4.79 Å². The summed E-state index contributed by atoms with van der Waals surface area (Å²) >= 11 is 0. The third-order valence-electron chi connectivity index (χ3n) is 5.26. The summed E-state index contributed by atoms with van der Waals surface area (Å²) in [6.45, 7) is 0. The van der Waals surface area contributed by atoms with Crippen molar-refractivity contribution in [2.45, 2.75) is 23.8 Å². The normalized spacial score (nSPS) is 12.4. The Morgan fingerprint density at radius 2 is 1.59 bits per heavy atom. The molecule has 3 aromatic carbocycles. The summed E-state index contributed by atoms with van der Waals surface area (Å²) in [4.78, 5) is 13.1. The predicted octanol–water partition coefficient (Wildman–Crippen LogP) is 4.05. The molecule has 0 aromatic heterocycles. The zero-order valence-electron chi connectivity index (χ0n) is 18.5. The van der Waals surface area contributed by atoms with Crippen LogP contribution in [0.5, 0.6) is 5.75 Å². The maximum absolute atomic E-state index is 13.1. The van der Waals surface area contributed by atoms with E-state index in [1.54, 1.807) is 6.07 Å². The fourth-order valence-electron chi connectivity index (χ4n) is 3.42. The molecule has 1 atom stereocenters. The third kappa shape index (κ3) is 5.55. The number of rotatable bonds is 9. The van der Waals surface area contributed by atoms with Gasteiger partial charge in [0, 0.05) is 19.7 Å². The molecule has 0 aliphatic rings. The first-order valence-electron chi connectivity index (χ1n) is 10.3. The van der Waals surface area contributed by atoms with Crippen molar-refractivity contribution in [3.63, 3.8) is 0 Å². The first-order chi connectivity index (χ1) is 15.3. The number of nitrogens with zero attached hydrogens (tertiary/aromatic N) is 1. The topological polar surface area (TPSA) is 75.7 Å². The van der Waals surface area contributed by atoms with Crippen LogP contribution in [0.4, 0.5) is 0 Å². The second-order valence-corrected chi connectivity index (χ2v) is 9.73. The monoisotopic (exact) mass is 452 g/mol. The molecule has 0 radical (unpaired) electrons. The van der Waals surface area contributed by atoms with Crippen LogP contribution in [0.1, 0.15) is 33.9 Å². The van der Waals surface area contributed by atoms with Gasteiger partial charge >= 0.3 is 0 Å². The Kier molecular flexibility index (Phi) is 7.66. The number of sulfonamides is 1. The summed E-state index contributed by atoms with van der Waals surface area (Å²) in [5.41, 5.74) is 2.43. The highest BCUT2D eigenvalue weighted by Gasteiger charge is 2.24. The molecule has 1 amide bonds. The SMILES string of the molecule is COc1ccc(C(=O)NC(CCc2ccccc2)c2ccccc2)cc1S(=O)(=O)N(C)C. The Labute approximate surface area is 189 Å². The van der Waals surface area contributed by atoms with E-state index < -0.39 is 10.0 Å². The molecule has 0 aliphatic heterocycles. The van der Waals surface area contributed by atoms with Crippen LogP contribution in [0.25, 0.3) is 0 Å². The Bertz CT molecular complexity index is 1150. The lowest BCUT2D eigenvalue weighted by atomic mass is 9.98. The van der Waals surface area contributed by atoms with Crippen LogP contribution < -0.4 is 10.1 Å². The van der Waals surface area contributed by atoms with Crippen LogP contribution in [-0.4, -0.2) is 39.8 Å². The first-order valence-corrected chi connectivity index (χ1v) is 11.8. The van der Waals surface area contributed by atoms with Crippen molar-refractivity contribution >= 4 is 15.9 Å². The largest absolute Gasteiger partial charge is 0.495 e. The van der Waals surface area contributed by atoms with E-state index in [1.807, 2.05) is 48.5 Å². The molecule has 1 unspecified atom stereocenters. The second kappa shape index (κ2) is 10.4. The van der Waals surface area contributed by atoms with Crippen molar-refractivity contribution in [2.75, 3.05) is 21.2 Å². The summed E-state index contributed by atoms with van der Waals surface area (Å²) in [6, 6.07) is 24.1. The molecular weight excluding hydrogens is 424 g/mol. The Morgan fingerprint density at radius 3 is 2.19 bits per heavy atom. The number of aryl methyl sites for hydroxylation is 1. The van der Waals surface area contributed by atoms with Crippen LogP contribution in [0.2, 0.25) is 0 Å². The quantitative estimate of drug-likeness (QED) is 0.531. The fraction of sp³-hybridized carbons (Fsp3) is 0.240. The lowest BCUT2D eigenvalue weighted by Crippen LogP contribution is -2.29. The van der Waals surface area contributed by atoms with Crippen molar-refractivity contribution in [1.82, 2.24) is 9.62 Å². The molecule has 3 rings (SSSR count). The minimum Gasteiger partial charge on any atom is -0.495 e. The highest BCUT2D eigenvalue weighted by Crippen LogP contribution is 2.27. The van der Waals surface area contributed by atoms with Gasteiger partial charge in [-0.1, -0.05) is 60.7 Å². The van der Waals surface area contributed by atoms with Gasteiger partial charge in [-0.25, -0.2) is 12.7 Å². The molecule has 0 saturated carbocycles. The smallest absolute Gasteiger partial charge is 0.251 e. The van der Waals surface area contributed by atoms with Crippen molar-refractivity contribution in [2.24, 2.45) is 0 Å². The fourth-order valence-corrected chi connectivity index (χ4v) is 4.50. The van der Waals surface area contributed by atoms with Crippen LogP contribution in [0, 0.1) is 0 Å². The van der Waals surface area contributed by atoms with E-state index in [0.717, 1.165) is 16.3 Å². The van der Waals surface area contributed by atoms with Crippen LogP contribution >= 0.6 is 0 Å². The number of hydrogen-bond donors (Lipinski definition) is 1. The molecule has 0 aliphatic carbocycles. The summed E-state index contributed by atoms with van der Waals surface area (Å²) in [5, 5.41) is 3.08. The molecular formula is C25H28N2O4S. The molecule has 0 fully saturated rings. The number of carbonyl (C=O) groups excluding carboxylic acids is 1. The maximum atomic E-state index is 13.1. The number of ether oxygens (including phenoxy) is 1. The predicted molar refractivity (Wildman–Crippen MR) is 125 cm³/mol. The maximum Gasteiger partial charge on any atom is 0.251 e.